The van der Waals surface area contributed by atoms with Gasteiger partial charge < -0.3 is 0 Å². The quantitative estimate of drug-likeness (QED) is 0.809. The number of rotatable bonds is 4. The molecule has 1 unspecified atom stereocenters. The van der Waals surface area contributed by atoms with Crippen LogP contribution in [0.15, 0.2) is 48.5 Å². The van der Waals surface area contributed by atoms with Crippen molar-refractivity contribution in [1.29, 1.82) is 0 Å². The Labute approximate surface area is 117 Å². The minimum absolute atomic E-state index is 0.00702. The third-order valence-corrected chi connectivity index (χ3v) is 3.40. The van der Waals surface area contributed by atoms with Crippen LogP contribution in [0.1, 0.15) is 24.0 Å². The maximum absolute atomic E-state index is 13.6. The van der Waals surface area contributed by atoms with Crippen LogP contribution in [0.5, 0.6) is 0 Å². The number of carbonyl (C=O) groups excluding carboxylic acids is 1. The molecule has 0 amide bonds. The fraction of sp³-hybridized carbons (Fsp3) is 0.188. The van der Waals surface area contributed by atoms with E-state index in [1.54, 1.807) is 12.1 Å². The van der Waals surface area contributed by atoms with Gasteiger partial charge in [-0.2, -0.15) is 0 Å². The Morgan fingerprint density at radius 2 is 1.89 bits per heavy atom. The highest BCUT2D eigenvalue weighted by atomic mass is 35.5. The van der Waals surface area contributed by atoms with E-state index in [0.29, 0.717) is 10.6 Å². The fourth-order valence-corrected chi connectivity index (χ4v) is 2.09. The summed E-state index contributed by atoms with van der Waals surface area (Å²) in [7, 11) is 0. The highest BCUT2D eigenvalue weighted by Crippen LogP contribution is 2.20. The van der Waals surface area contributed by atoms with Crippen molar-refractivity contribution in [3.8, 4) is 0 Å². The van der Waals surface area contributed by atoms with Crippen molar-refractivity contribution in [2.24, 2.45) is 0 Å². The minimum atomic E-state index is -0.430. The zero-order chi connectivity index (χ0) is 13.8. The predicted molar refractivity (Wildman–Crippen MR) is 75.0 cm³/mol. The maximum atomic E-state index is 13.6. The SMILES string of the molecule is CC(C(=O)Cc1ccc(Cl)cc1F)c1ccccc1. The van der Waals surface area contributed by atoms with Gasteiger partial charge in [-0.1, -0.05) is 54.9 Å². The molecule has 0 saturated carbocycles. The number of carbonyl (C=O) groups is 1. The molecule has 2 rings (SSSR count). The number of hydrogen-bond donors (Lipinski definition) is 0. The van der Waals surface area contributed by atoms with Crippen LogP contribution in [-0.2, 0) is 11.2 Å². The van der Waals surface area contributed by atoms with Crippen LogP contribution in [0.4, 0.5) is 4.39 Å². The second kappa shape index (κ2) is 5.98. The molecule has 1 nitrogen and oxygen atoms in total. The minimum Gasteiger partial charge on any atom is -0.299 e. The Hall–Kier alpha value is -1.67. The first-order valence-electron chi connectivity index (χ1n) is 6.09. The van der Waals surface area contributed by atoms with Crippen molar-refractivity contribution in [3.05, 3.63) is 70.5 Å². The van der Waals surface area contributed by atoms with Gasteiger partial charge in [-0.25, -0.2) is 4.39 Å². The van der Waals surface area contributed by atoms with Gasteiger partial charge in [0, 0.05) is 17.4 Å². The number of hydrogen-bond acceptors (Lipinski definition) is 1. The lowest BCUT2D eigenvalue weighted by Crippen LogP contribution is -2.12. The first-order valence-corrected chi connectivity index (χ1v) is 6.47. The van der Waals surface area contributed by atoms with Crippen molar-refractivity contribution in [1.82, 2.24) is 0 Å². The molecule has 0 fully saturated rings. The molecule has 0 aliphatic heterocycles. The summed E-state index contributed by atoms with van der Waals surface area (Å²) < 4.78 is 13.6. The summed E-state index contributed by atoms with van der Waals surface area (Å²) >= 11 is 5.69. The Morgan fingerprint density at radius 3 is 2.53 bits per heavy atom. The van der Waals surface area contributed by atoms with Crippen molar-refractivity contribution < 1.29 is 9.18 Å². The lowest BCUT2D eigenvalue weighted by molar-refractivity contribution is -0.119. The molecule has 0 aromatic heterocycles. The van der Waals surface area contributed by atoms with Crippen LogP contribution in [-0.4, -0.2) is 5.78 Å². The lowest BCUT2D eigenvalue weighted by atomic mass is 9.93. The van der Waals surface area contributed by atoms with Gasteiger partial charge >= 0.3 is 0 Å². The number of benzene rings is 2. The molecule has 0 spiro atoms. The highest BCUT2D eigenvalue weighted by molar-refractivity contribution is 6.30. The van der Waals surface area contributed by atoms with Gasteiger partial charge in [-0.3, -0.25) is 4.79 Å². The molecule has 0 bridgehead atoms. The van der Waals surface area contributed by atoms with Gasteiger partial charge in [0.2, 0.25) is 0 Å². The van der Waals surface area contributed by atoms with Crippen LogP contribution in [0.2, 0.25) is 5.02 Å². The first kappa shape index (κ1) is 13.8. The van der Waals surface area contributed by atoms with E-state index in [1.807, 2.05) is 37.3 Å². The Morgan fingerprint density at radius 1 is 1.21 bits per heavy atom. The van der Waals surface area contributed by atoms with Crippen LogP contribution >= 0.6 is 11.6 Å². The molecule has 1 atom stereocenters. The molecular weight excluding hydrogens is 263 g/mol. The van der Waals surface area contributed by atoms with E-state index in [2.05, 4.69) is 0 Å². The van der Waals surface area contributed by atoms with Gasteiger partial charge in [0.15, 0.2) is 0 Å². The van der Waals surface area contributed by atoms with Crippen LogP contribution in [0, 0.1) is 5.82 Å². The topological polar surface area (TPSA) is 17.1 Å². The van der Waals surface area contributed by atoms with E-state index < -0.39 is 5.82 Å². The molecule has 0 saturated heterocycles. The Bertz CT molecular complexity index is 581. The predicted octanol–water partition coefficient (Wildman–Crippen LogP) is 4.39. The van der Waals surface area contributed by atoms with Crippen LogP contribution < -0.4 is 0 Å². The van der Waals surface area contributed by atoms with E-state index in [0.717, 1.165) is 5.56 Å². The fourth-order valence-electron chi connectivity index (χ4n) is 1.93. The van der Waals surface area contributed by atoms with Gasteiger partial charge in [0.25, 0.3) is 0 Å². The number of halogens is 2. The molecule has 19 heavy (non-hydrogen) atoms. The highest BCUT2D eigenvalue weighted by Gasteiger charge is 2.17. The monoisotopic (exact) mass is 276 g/mol. The first-order chi connectivity index (χ1) is 9.08. The maximum Gasteiger partial charge on any atom is 0.144 e. The van der Waals surface area contributed by atoms with E-state index in [1.165, 1.54) is 6.07 Å². The number of ketones is 1. The van der Waals surface area contributed by atoms with Crippen LogP contribution in [0.3, 0.4) is 0 Å². The summed E-state index contributed by atoms with van der Waals surface area (Å²) in [5.41, 5.74) is 1.33. The molecule has 0 aliphatic rings. The summed E-state index contributed by atoms with van der Waals surface area (Å²) in [6, 6.07) is 13.9. The molecule has 0 aliphatic carbocycles. The molecule has 0 radical (unpaired) electrons. The normalized spacial score (nSPS) is 12.2. The lowest BCUT2D eigenvalue weighted by Gasteiger charge is -2.11. The summed E-state index contributed by atoms with van der Waals surface area (Å²) in [6.45, 7) is 1.84. The van der Waals surface area contributed by atoms with Gasteiger partial charge in [0.05, 0.1) is 0 Å². The average molecular weight is 277 g/mol. The summed E-state index contributed by atoms with van der Waals surface area (Å²) in [5, 5.41) is 0.338. The van der Waals surface area contributed by atoms with Crippen LogP contribution in [0.25, 0.3) is 0 Å². The molecular formula is C16H14ClFO. The molecule has 98 valence electrons. The molecule has 0 heterocycles. The Balaban J connectivity index is 2.13. The second-order valence-corrected chi connectivity index (χ2v) is 4.95. The number of Topliss-reactive ketones (excluding diaryl/α,β-unsaturated/α-hetero) is 1. The summed E-state index contributed by atoms with van der Waals surface area (Å²) in [6.07, 6.45) is 0.0824. The van der Waals surface area contributed by atoms with Crippen molar-refractivity contribution >= 4 is 17.4 Å². The average Bonchev–Trinajstić information content (AvgIpc) is 2.42. The van der Waals surface area contributed by atoms with E-state index >= 15 is 0 Å². The van der Waals surface area contributed by atoms with Crippen molar-refractivity contribution in [2.75, 3.05) is 0 Å². The zero-order valence-electron chi connectivity index (χ0n) is 10.6. The molecule has 2 aromatic rings. The van der Waals surface area contributed by atoms with E-state index in [4.69, 9.17) is 11.6 Å². The Kier molecular flexibility index (Phi) is 4.33. The second-order valence-electron chi connectivity index (χ2n) is 4.51. The largest absolute Gasteiger partial charge is 0.299 e. The molecule has 2 aromatic carbocycles. The van der Waals surface area contributed by atoms with E-state index in [9.17, 15) is 9.18 Å². The summed E-state index contributed by atoms with van der Waals surface area (Å²) in [4.78, 5) is 12.2. The molecule has 0 N–H and O–H groups in total. The van der Waals surface area contributed by atoms with Crippen molar-refractivity contribution in [2.45, 2.75) is 19.3 Å². The third-order valence-electron chi connectivity index (χ3n) is 3.16. The smallest absolute Gasteiger partial charge is 0.144 e. The standard InChI is InChI=1S/C16H14ClFO/c1-11(12-5-3-2-4-6-12)16(19)9-13-7-8-14(17)10-15(13)18/h2-8,10-11H,9H2,1H3. The van der Waals surface area contributed by atoms with E-state index in [-0.39, 0.29) is 18.1 Å². The van der Waals surface area contributed by atoms with Crippen molar-refractivity contribution in [3.63, 3.8) is 0 Å². The van der Waals surface area contributed by atoms with Gasteiger partial charge in [-0.05, 0) is 23.3 Å². The van der Waals surface area contributed by atoms with Gasteiger partial charge in [0.1, 0.15) is 11.6 Å². The summed E-state index contributed by atoms with van der Waals surface area (Å²) in [5.74, 6) is -0.676. The third kappa shape index (κ3) is 3.42. The zero-order valence-corrected chi connectivity index (χ0v) is 11.3. The van der Waals surface area contributed by atoms with Gasteiger partial charge in [-0.15, -0.1) is 0 Å². The molecule has 3 heteroatoms.